The Morgan fingerprint density at radius 3 is 2.00 bits per heavy atom. The van der Waals surface area contributed by atoms with Crippen molar-refractivity contribution in [1.29, 1.82) is 0 Å². The van der Waals surface area contributed by atoms with E-state index in [1.807, 2.05) is 0 Å². The van der Waals surface area contributed by atoms with Crippen molar-refractivity contribution in [3.05, 3.63) is 0 Å². The third-order valence-corrected chi connectivity index (χ3v) is 1.80. The van der Waals surface area contributed by atoms with Gasteiger partial charge >= 0.3 is 0 Å². The van der Waals surface area contributed by atoms with Crippen molar-refractivity contribution in [2.75, 3.05) is 0 Å². The quantitative estimate of drug-likeness (QED) is 0.470. The fourth-order valence-corrected chi connectivity index (χ4v) is 1.10. The van der Waals surface area contributed by atoms with Crippen LogP contribution in [0.15, 0.2) is 0 Å². The van der Waals surface area contributed by atoms with E-state index in [1.165, 1.54) is 32.1 Å². The van der Waals surface area contributed by atoms with E-state index < -0.39 is 0 Å². The molecule has 0 aromatic heterocycles. The molecule has 0 spiro atoms. The Morgan fingerprint density at radius 2 is 1.40 bits per heavy atom. The summed E-state index contributed by atoms with van der Waals surface area (Å²) in [6, 6.07) is 0. The van der Waals surface area contributed by atoms with Gasteiger partial charge in [-0.2, -0.15) is 0 Å². The monoisotopic (exact) mass is 143 g/mol. The molecule has 0 heterocycles. The second kappa shape index (κ2) is 9.00. The van der Waals surface area contributed by atoms with Gasteiger partial charge in [0.25, 0.3) is 0 Å². The second-order valence-corrected chi connectivity index (χ2v) is 2.90. The summed E-state index contributed by atoms with van der Waals surface area (Å²) in [5.41, 5.74) is 0. The summed E-state index contributed by atoms with van der Waals surface area (Å²) in [4.78, 5) is 0. The van der Waals surface area contributed by atoms with Crippen molar-refractivity contribution in [3.63, 3.8) is 0 Å². The van der Waals surface area contributed by atoms with Gasteiger partial charge in [-0.1, -0.05) is 65.2 Å². The molecule has 0 radical (unpaired) electrons. The van der Waals surface area contributed by atoms with Crippen molar-refractivity contribution >= 4 is 0 Å². The zero-order valence-corrected chi connectivity index (χ0v) is 7.53. The van der Waals surface area contributed by atoms with E-state index in [-0.39, 0.29) is 6.40 Å². The Balaban J connectivity index is 2.89. The fraction of sp³-hybridized carbons (Fsp3) is 1.00. The van der Waals surface area contributed by atoms with Gasteiger partial charge in [0.05, 0.1) is 0 Å². The molecule has 0 aromatic rings. The van der Waals surface area contributed by atoms with Gasteiger partial charge in [-0.05, 0) is 0 Å². The van der Waals surface area contributed by atoms with Crippen molar-refractivity contribution in [1.82, 2.24) is 0 Å². The van der Waals surface area contributed by atoms with E-state index >= 15 is 0 Å². The topological polar surface area (TPSA) is 0 Å². The van der Waals surface area contributed by atoms with Crippen LogP contribution in [0.1, 0.15) is 66.6 Å². The highest BCUT2D eigenvalue weighted by Gasteiger charge is 1.87. The Hall–Kier alpha value is 0. The van der Waals surface area contributed by atoms with Gasteiger partial charge in [-0.25, -0.2) is 0 Å². The van der Waals surface area contributed by atoms with Gasteiger partial charge in [-0.3, -0.25) is 0 Å². The molecule has 62 valence electrons. The maximum atomic E-state index is 7.50. The average molecular weight is 143 g/mol. The summed E-state index contributed by atoms with van der Waals surface area (Å²) in [5.74, 6) is 0. The van der Waals surface area contributed by atoms with Crippen LogP contribution >= 0.6 is 0 Å². The van der Waals surface area contributed by atoms with Gasteiger partial charge in [0.1, 0.15) is 0 Å². The minimum absolute atomic E-state index is 0.205. The van der Waals surface area contributed by atoms with E-state index in [0.717, 1.165) is 12.8 Å². The average Bonchev–Trinajstić information content (AvgIpc) is 2.04. The summed E-state index contributed by atoms with van der Waals surface area (Å²) >= 11 is 0. The summed E-state index contributed by atoms with van der Waals surface area (Å²) in [5, 5.41) is 0. The number of hydrogen-bond acceptors (Lipinski definition) is 0. The second-order valence-electron chi connectivity index (χ2n) is 2.90. The zero-order valence-electron chi connectivity index (χ0n) is 8.53. The highest BCUT2D eigenvalue weighted by atomic mass is 13.9. The first-order valence-corrected chi connectivity index (χ1v) is 4.73. The zero-order chi connectivity index (χ0) is 8.53. The van der Waals surface area contributed by atoms with Gasteiger partial charge in [0, 0.05) is 1.37 Å². The Kier molecular flexibility index (Phi) is 7.29. The molecule has 1 atom stereocenters. The lowest BCUT2D eigenvalue weighted by atomic mass is 10.1. The molecule has 0 nitrogen and oxygen atoms in total. The van der Waals surface area contributed by atoms with Gasteiger partial charge in [-0.15, -0.1) is 0 Å². The smallest absolute Gasteiger partial charge is 0.0266 e. The largest absolute Gasteiger partial charge is 0.0654 e. The Bertz CT molecular complexity index is 71.3. The van der Waals surface area contributed by atoms with Gasteiger partial charge in [0.2, 0.25) is 0 Å². The maximum Gasteiger partial charge on any atom is 0.0266 e. The number of unbranched alkanes of at least 4 members (excludes halogenated alkanes) is 4. The van der Waals surface area contributed by atoms with Crippen LogP contribution in [0.5, 0.6) is 0 Å². The number of hydrogen-bond donors (Lipinski definition) is 0. The summed E-state index contributed by atoms with van der Waals surface area (Å²) in [7, 11) is 0. The third-order valence-electron chi connectivity index (χ3n) is 1.80. The molecule has 0 heteroatoms. The predicted octanol–water partition coefficient (Wildman–Crippen LogP) is 4.15. The van der Waals surface area contributed by atoms with Crippen molar-refractivity contribution in [2.45, 2.75) is 65.2 Å². The molecule has 0 aliphatic heterocycles. The summed E-state index contributed by atoms with van der Waals surface area (Å²) in [6.07, 6.45) is 9.00. The van der Waals surface area contributed by atoms with Crippen LogP contribution in [0.2, 0.25) is 0 Å². The number of rotatable bonds is 7. The van der Waals surface area contributed by atoms with Crippen LogP contribution in [0.3, 0.4) is 0 Å². The van der Waals surface area contributed by atoms with E-state index in [4.69, 9.17) is 1.37 Å². The first kappa shape index (κ1) is 8.10. The van der Waals surface area contributed by atoms with Crippen LogP contribution in [0.25, 0.3) is 0 Å². The predicted molar refractivity (Wildman–Crippen MR) is 48.3 cm³/mol. The van der Waals surface area contributed by atoms with Crippen LogP contribution < -0.4 is 0 Å². The first-order chi connectivity index (χ1) is 5.31. The van der Waals surface area contributed by atoms with Crippen molar-refractivity contribution in [3.8, 4) is 0 Å². The SMILES string of the molecule is [2H]C(CC)CCCCCCC. The molecule has 0 bridgehead atoms. The Labute approximate surface area is 67.4 Å². The molecule has 0 aliphatic carbocycles. The molecule has 0 fully saturated rings. The van der Waals surface area contributed by atoms with Crippen LogP contribution in [0.4, 0.5) is 0 Å². The highest BCUT2D eigenvalue weighted by Crippen LogP contribution is 2.07. The van der Waals surface area contributed by atoms with Crippen molar-refractivity contribution in [2.24, 2.45) is 0 Å². The molecule has 0 rings (SSSR count). The van der Waals surface area contributed by atoms with Crippen LogP contribution in [-0.4, -0.2) is 0 Å². The molecule has 10 heavy (non-hydrogen) atoms. The molecular weight excluding hydrogens is 120 g/mol. The molecule has 0 N–H and O–H groups in total. The van der Waals surface area contributed by atoms with Crippen LogP contribution in [0, 0.1) is 0 Å². The standard InChI is InChI=1S/C10H22/c1-3-5-7-9-10-8-6-4-2/h3-10H2,1-2H3/i5D. The van der Waals surface area contributed by atoms with E-state index in [0.29, 0.717) is 0 Å². The molecular formula is C10H22. The fourth-order valence-electron chi connectivity index (χ4n) is 1.10. The molecule has 0 saturated heterocycles. The lowest BCUT2D eigenvalue weighted by Crippen LogP contribution is -1.77. The summed E-state index contributed by atoms with van der Waals surface area (Å²) in [6.45, 7) is 4.34. The van der Waals surface area contributed by atoms with Crippen LogP contribution in [-0.2, 0) is 0 Å². The maximum absolute atomic E-state index is 7.50. The normalized spacial score (nSPS) is 14.8. The molecule has 0 aliphatic rings. The Morgan fingerprint density at radius 1 is 0.800 bits per heavy atom. The van der Waals surface area contributed by atoms with Crippen molar-refractivity contribution < 1.29 is 1.37 Å². The molecule has 1 unspecified atom stereocenters. The first-order valence-electron chi connectivity index (χ1n) is 5.31. The molecule has 0 saturated carbocycles. The van der Waals surface area contributed by atoms with E-state index in [2.05, 4.69) is 13.8 Å². The van der Waals surface area contributed by atoms with E-state index in [1.54, 1.807) is 0 Å². The minimum Gasteiger partial charge on any atom is -0.0654 e. The molecule has 0 aromatic carbocycles. The summed E-state index contributed by atoms with van der Waals surface area (Å²) < 4.78 is 7.50. The third kappa shape index (κ3) is 8.00. The lowest BCUT2D eigenvalue weighted by molar-refractivity contribution is 0.585. The van der Waals surface area contributed by atoms with Gasteiger partial charge in [0.15, 0.2) is 0 Å². The van der Waals surface area contributed by atoms with E-state index in [9.17, 15) is 0 Å². The van der Waals surface area contributed by atoms with Gasteiger partial charge < -0.3 is 0 Å². The molecule has 0 amide bonds. The minimum atomic E-state index is 0.205. The highest BCUT2D eigenvalue weighted by molar-refractivity contribution is 4.43. The lowest BCUT2D eigenvalue weighted by Gasteiger charge is -1.97.